The molecule has 0 unspecified atom stereocenters. The molecule has 198 valence electrons. The Morgan fingerprint density at radius 1 is 1.11 bits per heavy atom. The SMILES string of the molecule is C=CC(=O)Nc1cc(-c2ccccc2)ccc1Nc1nc(N[C@H]2CCCN(C(N)=O)C2)ncc1C(F)(F)F. The Kier molecular flexibility index (Phi) is 7.79. The number of halogens is 3. The van der Waals surface area contributed by atoms with E-state index in [2.05, 4.69) is 32.5 Å². The molecule has 3 amide bonds. The summed E-state index contributed by atoms with van der Waals surface area (Å²) in [5, 5.41) is 8.35. The number of amides is 3. The van der Waals surface area contributed by atoms with Gasteiger partial charge in [0.25, 0.3) is 0 Å². The van der Waals surface area contributed by atoms with Crippen LogP contribution >= 0.6 is 0 Å². The number of primary amides is 1. The van der Waals surface area contributed by atoms with Crippen molar-refractivity contribution in [3.63, 3.8) is 0 Å². The zero-order valence-corrected chi connectivity index (χ0v) is 20.3. The highest BCUT2D eigenvalue weighted by atomic mass is 19.4. The predicted molar refractivity (Wildman–Crippen MR) is 139 cm³/mol. The number of benzene rings is 2. The number of urea groups is 1. The Balaban J connectivity index is 1.68. The van der Waals surface area contributed by atoms with Crippen LogP contribution < -0.4 is 21.7 Å². The molecule has 1 fully saturated rings. The smallest absolute Gasteiger partial charge is 0.351 e. The van der Waals surface area contributed by atoms with Crippen molar-refractivity contribution < 1.29 is 22.8 Å². The minimum absolute atomic E-state index is 0.0468. The average molecular weight is 526 g/mol. The van der Waals surface area contributed by atoms with Crippen LogP contribution in [0.3, 0.4) is 0 Å². The van der Waals surface area contributed by atoms with Crippen LogP contribution in [0.4, 0.5) is 41.1 Å². The second kappa shape index (κ2) is 11.2. The molecule has 38 heavy (non-hydrogen) atoms. The number of carbonyl (C=O) groups is 2. The number of nitrogens with zero attached hydrogens (tertiary/aromatic N) is 3. The van der Waals surface area contributed by atoms with Gasteiger partial charge >= 0.3 is 12.2 Å². The molecule has 2 heterocycles. The lowest BCUT2D eigenvalue weighted by molar-refractivity contribution is -0.137. The molecule has 0 spiro atoms. The highest BCUT2D eigenvalue weighted by molar-refractivity contribution is 6.02. The maximum Gasteiger partial charge on any atom is 0.421 e. The molecule has 0 bridgehead atoms. The van der Waals surface area contributed by atoms with Crippen molar-refractivity contribution in [2.75, 3.05) is 29.0 Å². The van der Waals surface area contributed by atoms with Gasteiger partial charge in [-0.25, -0.2) is 9.78 Å². The number of hydrogen-bond donors (Lipinski definition) is 4. The second-order valence-corrected chi connectivity index (χ2v) is 8.67. The fourth-order valence-electron chi connectivity index (χ4n) is 4.11. The van der Waals surface area contributed by atoms with E-state index in [0.717, 1.165) is 17.2 Å². The molecule has 0 aliphatic carbocycles. The molecule has 1 atom stereocenters. The Bertz CT molecular complexity index is 1330. The van der Waals surface area contributed by atoms with Gasteiger partial charge in [-0.05, 0) is 42.2 Å². The Hall–Kier alpha value is -4.61. The van der Waals surface area contributed by atoms with Gasteiger partial charge in [-0.15, -0.1) is 0 Å². The Labute approximate surface area is 217 Å². The zero-order valence-electron chi connectivity index (χ0n) is 20.3. The third-order valence-corrected chi connectivity index (χ3v) is 5.98. The number of carbonyl (C=O) groups excluding carboxylic acids is 2. The molecule has 4 rings (SSSR count). The number of alkyl halides is 3. The van der Waals surface area contributed by atoms with Crippen molar-refractivity contribution in [2.24, 2.45) is 5.73 Å². The lowest BCUT2D eigenvalue weighted by Gasteiger charge is -2.32. The molecule has 5 N–H and O–H groups in total. The van der Waals surface area contributed by atoms with Crippen LogP contribution in [-0.2, 0) is 11.0 Å². The standard InChI is InChI=1S/C26H26F3N7O2/c1-2-22(37)33-21-13-17(16-7-4-3-5-8-16)10-11-20(21)34-23-19(26(27,28)29)14-31-25(35-23)32-18-9-6-12-36(15-18)24(30)38/h2-5,7-8,10-11,13-14,18H,1,6,9,12,15H2,(H2,30,38)(H,33,37)(H2,31,32,34,35)/t18-/m0/s1. The van der Waals surface area contributed by atoms with E-state index >= 15 is 0 Å². The fraction of sp³-hybridized carbons (Fsp3) is 0.231. The lowest BCUT2D eigenvalue weighted by Crippen LogP contribution is -2.47. The molecule has 0 radical (unpaired) electrons. The minimum Gasteiger partial charge on any atom is -0.351 e. The van der Waals surface area contributed by atoms with Crippen LogP contribution in [0.1, 0.15) is 18.4 Å². The summed E-state index contributed by atoms with van der Waals surface area (Å²) in [4.78, 5) is 33.0. The third-order valence-electron chi connectivity index (χ3n) is 5.98. The molecule has 1 aliphatic heterocycles. The number of piperidine rings is 1. The predicted octanol–water partition coefficient (Wildman–Crippen LogP) is 4.99. The van der Waals surface area contributed by atoms with E-state index in [-0.39, 0.29) is 29.9 Å². The molecular formula is C26H26F3N7O2. The van der Waals surface area contributed by atoms with Gasteiger partial charge in [0, 0.05) is 25.3 Å². The van der Waals surface area contributed by atoms with Gasteiger partial charge in [-0.3, -0.25) is 4.79 Å². The van der Waals surface area contributed by atoms with Crippen molar-refractivity contribution in [3.05, 3.63) is 72.9 Å². The Morgan fingerprint density at radius 2 is 1.87 bits per heavy atom. The molecule has 2 aromatic carbocycles. The summed E-state index contributed by atoms with van der Waals surface area (Å²) in [6, 6.07) is 13.4. The first kappa shape index (κ1) is 26.5. The number of hydrogen-bond acceptors (Lipinski definition) is 6. The Morgan fingerprint density at radius 3 is 2.55 bits per heavy atom. The maximum absolute atomic E-state index is 13.9. The van der Waals surface area contributed by atoms with Crippen LogP contribution in [-0.4, -0.2) is 45.9 Å². The largest absolute Gasteiger partial charge is 0.421 e. The summed E-state index contributed by atoms with van der Waals surface area (Å²) in [5.74, 6) is -1.08. The zero-order chi connectivity index (χ0) is 27.3. The van der Waals surface area contributed by atoms with Gasteiger partial charge in [-0.2, -0.15) is 18.2 Å². The van der Waals surface area contributed by atoms with Crippen LogP contribution in [0.5, 0.6) is 0 Å². The number of likely N-dealkylation sites (tertiary alicyclic amines) is 1. The highest BCUT2D eigenvalue weighted by Crippen LogP contribution is 2.37. The van der Waals surface area contributed by atoms with E-state index in [0.29, 0.717) is 25.6 Å². The van der Waals surface area contributed by atoms with E-state index < -0.39 is 29.5 Å². The molecule has 3 aromatic rings. The molecule has 9 nitrogen and oxygen atoms in total. The highest BCUT2D eigenvalue weighted by Gasteiger charge is 2.36. The molecule has 12 heteroatoms. The maximum atomic E-state index is 13.9. The number of anilines is 4. The van der Waals surface area contributed by atoms with E-state index in [1.165, 1.54) is 4.90 Å². The van der Waals surface area contributed by atoms with E-state index in [9.17, 15) is 22.8 Å². The van der Waals surface area contributed by atoms with E-state index in [4.69, 9.17) is 5.73 Å². The quantitative estimate of drug-likeness (QED) is 0.322. The summed E-state index contributed by atoms with van der Waals surface area (Å²) in [7, 11) is 0. The monoisotopic (exact) mass is 525 g/mol. The summed E-state index contributed by atoms with van der Waals surface area (Å²) in [6.45, 7) is 4.22. The number of aromatic nitrogens is 2. The first-order chi connectivity index (χ1) is 18.1. The van der Waals surface area contributed by atoms with Gasteiger partial charge in [0.2, 0.25) is 11.9 Å². The van der Waals surface area contributed by atoms with Crippen molar-refractivity contribution in [1.29, 1.82) is 0 Å². The van der Waals surface area contributed by atoms with E-state index in [1.54, 1.807) is 18.2 Å². The van der Waals surface area contributed by atoms with Gasteiger partial charge in [0.05, 0.1) is 11.4 Å². The molecule has 1 aliphatic rings. The first-order valence-electron chi connectivity index (χ1n) is 11.8. The molecule has 0 saturated carbocycles. The van der Waals surface area contributed by atoms with Crippen molar-refractivity contribution in [2.45, 2.75) is 25.1 Å². The third kappa shape index (κ3) is 6.38. The summed E-state index contributed by atoms with van der Waals surface area (Å²) in [5.41, 5.74) is 6.30. The van der Waals surface area contributed by atoms with Crippen molar-refractivity contribution in [3.8, 4) is 11.1 Å². The van der Waals surface area contributed by atoms with Crippen LogP contribution in [0.2, 0.25) is 0 Å². The topological polar surface area (TPSA) is 125 Å². The average Bonchev–Trinajstić information content (AvgIpc) is 2.89. The van der Waals surface area contributed by atoms with Crippen LogP contribution in [0.25, 0.3) is 11.1 Å². The van der Waals surface area contributed by atoms with Crippen molar-refractivity contribution >= 4 is 35.1 Å². The van der Waals surface area contributed by atoms with E-state index in [1.807, 2.05) is 30.3 Å². The van der Waals surface area contributed by atoms with Gasteiger partial charge in [-0.1, -0.05) is 43.0 Å². The number of nitrogens with two attached hydrogens (primary N) is 1. The molecule has 1 aromatic heterocycles. The van der Waals surface area contributed by atoms with Gasteiger partial charge in [0.1, 0.15) is 11.4 Å². The normalized spacial score (nSPS) is 15.4. The molecular weight excluding hydrogens is 499 g/mol. The molecule has 1 saturated heterocycles. The lowest BCUT2D eigenvalue weighted by atomic mass is 10.0. The van der Waals surface area contributed by atoms with Gasteiger partial charge < -0.3 is 26.6 Å². The van der Waals surface area contributed by atoms with Gasteiger partial charge in [0.15, 0.2) is 0 Å². The number of nitrogens with one attached hydrogen (secondary N) is 3. The van der Waals surface area contributed by atoms with Crippen LogP contribution in [0, 0.1) is 0 Å². The van der Waals surface area contributed by atoms with Crippen LogP contribution in [0.15, 0.2) is 67.4 Å². The fourth-order valence-corrected chi connectivity index (χ4v) is 4.11. The van der Waals surface area contributed by atoms with Crippen molar-refractivity contribution in [1.82, 2.24) is 14.9 Å². The number of rotatable bonds is 7. The summed E-state index contributed by atoms with van der Waals surface area (Å²) in [6.07, 6.45) is -1.66. The second-order valence-electron chi connectivity index (χ2n) is 8.67. The summed E-state index contributed by atoms with van der Waals surface area (Å²) < 4.78 is 41.6. The minimum atomic E-state index is -4.75. The summed E-state index contributed by atoms with van der Waals surface area (Å²) >= 11 is 0. The first-order valence-corrected chi connectivity index (χ1v) is 11.8.